The summed E-state index contributed by atoms with van der Waals surface area (Å²) in [6.45, 7) is 0. The Labute approximate surface area is 111 Å². The molecule has 0 saturated heterocycles. The minimum atomic E-state index is -0.883. The van der Waals surface area contributed by atoms with Gasteiger partial charge in [0.1, 0.15) is 5.82 Å². The Morgan fingerprint density at radius 2 is 2.05 bits per heavy atom. The number of rotatable bonds is 2. The largest absolute Gasteiger partial charge is 0.282 e. The fourth-order valence-electron chi connectivity index (χ4n) is 1.82. The number of hydrogen-bond donors (Lipinski definition) is 0. The minimum Gasteiger partial charge on any atom is -0.282 e. The zero-order valence-electron chi connectivity index (χ0n) is 9.52. The van der Waals surface area contributed by atoms with Gasteiger partial charge in [0.25, 0.3) is 0 Å². The molecule has 3 aromatic rings. The standard InChI is InChI=1S/C12H7ClF2N4/c13-11-12-18-17-9(19(12)5-4-16-11)6-7-2-1-3-8(14)10(7)15/h1-5H,6H2. The predicted molar refractivity (Wildman–Crippen MR) is 65.0 cm³/mol. The lowest BCUT2D eigenvalue weighted by atomic mass is 10.1. The lowest BCUT2D eigenvalue weighted by molar-refractivity contribution is 0.500. The first-order chi connectivity index (χ1) is 9.16. The molecule has 0 amide bonds. The summed E-state index contributed by atoms with van der Waals surface area (Å²) in [6, 6.07) is 4.02. The van der Waals surface area contributed by atoms with E-state index in [2.05, 4.69) is 15.2 Å². The number of halogens is 3. The summed E-state index contributed by atoms with van der Waals surface area (Å²) in [6.07, 6.45) is 3.23. The van der Waals surface area contributed by atoms with Crippen LogP contribution in [0.25, 0.3) is 5.65 Å². The molecule has 0 fully saturated rings. The van der Waals surface area contributed by atoms with Gasteiger partial charge in [-0.05, 0) is 11.6 Å². The van der Waals surface area contributed by atoms with Crippen molar-refractivity contribution in [3.8, 4) is 0 Å². The molecule has 0 bridgehead atoms. The molecule has 0 N–H and O–H groups in total. The Bertz CT molecular complexity index is 757. The van der Waals surface area contributed by atoms with Crippen molar-refractivity contribution in [2.24, 2.45) is 0 Å². The van der Waals surface area contributed by atoms with Gasteiger partial charge < -0.3 is 0 Å². The minimum absolute atomic E-state index is 0.116. The highest BCUT2D eigenvalue weighted by atomic mass is 35.5. The van der Waals surface area contributed by atoms with E-state index >= 15 is 0 Å². The molecule has 1 aromatic carbocycles. The molecule has 0 radical (unpaired) electrons. The second-order valence-corrected chi connectivity index (χ2v) is 4.28. The quantitative estimate of drug-likeness (QED) is 0.725. The maximum absolute atomic E-state index is 13.6. The van der Waals surface area contributed by atoms with Crippen molar-refractivity contribution in [1.82, 2.24) is 19.6 Å². The molecule has 2 aromatic heterocycles. The highest BCUT2D eigenvalue weighted by molar-refractivity contribution is 6.32. The highest BCUT2D eigenvalue weighted by Crippen LogP contribution is 2.17. The van der Waals surface area contributed by atoms with Gasteiger partial charge in [0, 0.05) is 18.8 Å². The van der Waals surface area contributed by atoms with Gasteiger partial charge >= 0.3 is 0 Å². The fraction of sp³-hybridized carbons (Fsp3) is 0.0833. The Hall–Kier alpha value is -2.08. The molecule has 2 heterocycles. The van der Waals surface area contributed by atoms with Crippen molar-refractivity contribution in [2.45, 2.75) is 6.42 Å². The molecule has 0 unspecified atom stereocenters. The number of fused-ring (bicyclic) bond motifs is 1. The van der Waals surface area contributed by atoms with Crippen LogP contribution in [-0.4, -0.2) is 19.6 Å². The average molecular weight is 281 g/mol. The van der Waals surface area contributed by atoms with Gasteiger partial charge in [-0.3, -0.25) is 4.40 Å². The molecule has 4 nitrogen and oxygen atoms in total. The van der Waals surface area contributed by atoms with Crippen molar-refractivity contribution < 1.29 is 8.78 Å². The third-order valence-corrected chi connectivity index (χ3v) is 3.00. The number of nitrogens with zero attached hydrogens (tertiary/aromatic N) is 4. The maximum Gasteiger partial charge on any atom is 0.198 e. The summed E-state index contributed by atoms with van der Waals surface area (Å²) in [7, 11) is 0. The highest BCUT2D eigenvalue weighted by Gasteiger charge is 2.13. The van der Waals surface area contributed by atoms with E-state index in [1.54, 1.807) is 10.6 Å². The van der Waals surface area contributed by atoms with E-state index in [1.165, 1.54) is 18.3 Å². The van der Waals surface area contributed by atoms with Crippen LogP contribution in [0, 0.1) is 11.6 Å². The van der Waals surface area contributed by atoms with Gasteiger partial charge in [0.2, 0.25) is 0 Å². The average Bonchev–Trinajstić information content (AvgIpc) is 2.80. The van der Waals surface area contributed by atoms with Crippen LogP contribution in [0.4, 0.5) is 8.78 Å². The summed E-state index contributed by atoms with van der Waals surface area (Å²) in [5.41, 5.74) is 0.596. The molecule has 19 heavy (non-hydrogen) atoms. The second kappa shape index (κ2) is 4.55. The maximum atomic E-state index is 13.6. The molecule has 0 aliphatic rings. The second-order valence-electron chi connectivity index (χ2n) is 3.92. The van der Waals surface area contributed by atoms with Gasteiger partial charge in [-0.15, -0.1) is 10.2 Å². The van der Waals surface area contributed by atoms with E-state index in [1.807, 2.05) is 0 Å². The van der Waals surface area contributed by atoms with Crippen LogP contribution in [-0.2, 0) is 6.42 Å². The first-order valence-electron chi connectivity index (χ1n) is 5.44. The van der Waals surface area contributed by atoms with E-state index in [0.717, 1.165) is 6.07 Å². The van der Waals surface area contributed by atoms with Crippen LogP contribution in [0.2, 0.25) is 5.15 Å². The van der Waals surface area contributed by atoms with Gasteiger partial charge in [0.05, 0.1) is 0 Å². The summed E-state index contributed by atoms with van der Waals surface area (Å²) in [4.78, 5) is 3.87. The van der Waals surface area contributed by atoms with Crippen LogP contribution < -0.4 is 0 Å². The Balaban J connectivity index is 2.07. The van der Waals surface area contributed by atoms with E-state index in [0.29, 0.717) is 11.5 Å². The van der Waals surface area contributed by atoms with Crippen LogP contribution in [0.15, 0.2) is 30.6 Å². The normalized spacial score (nSPS) is 11.1. The van der Waals surface area contributed by atoms with Crippen molar-refractivity contribution in [3.63, 3.8) is 0 Å². The van der Waals surface area contributed by atoms with Crippen LogP contribution >= 0.6 is 11.6 Å². The van der Waals surface area contributed by atoms with Gasteiger partial charge in [0.15, 0.2) is 22.4 Å². The third-order valence-electron chi connectivity index (χ3n) is 2.73. The Kier molecular flexibility index (Phi) is 2.87. The molecule has 0 aliphatic heterocycles. The van der Waals surface area contributed by atoms with E-state index < -0.39 is 11.6 Å². The number of benzene rings is 1. The number of aromatic nitrogens is 4. The topological polar surface area (TPSA) is 43.1 Å². The van der Waals surface area contributed by atoms with Crippen LogP contribution in [0.1, 0.15) is 11.4 Å². The molecule has 0 aliphatic carbocycles. The summed E-state index contributed by atoms with van der Waals surface area (Å²) < 4.78 is 28.3. The molecule has 0 spiro atoms. The molecular formula is C12H7ClF2N4. The molecule has 7 heteroatoms. The lowest BCUT2D eigenvalue weighted by Gasteiger charge is -2.03. The van der Waals surface area contributed by atoms with Crippen LogP contribution in [0.5, 0.6) is 0 Å². The molecular weight excluding hydrogens is 274 g/mol. The van der Waals surface area contributed by atoms with Crippen molar-refractivity contribution >= 4 is 17.2 Å². The number of hydrogen-bond acceptors (Lipinski definition) is 3. The monoisotopic (exact) mass is 280 g/mol. The van der Waals surface area contributed by atoms with E-state index in [4.69, 9.17) is 11.6 Å². The zero-order chi connectivity index (χ0) is 13.4. The molecule has 0 saturated carbocycles. The van der Waals surface area contributed by atoms with Crippen molar-refractivity contribution in [3.05, 3.63) is 58.8 Å². The SMILES string of the molecule is Fc1cccc(Cc2nnc3c(Cl)nccn23)c1F. The first-order valence-corrected chi connectivity index (χ1v) is 5.81. The smallest absolute Gasteiger partial charge is 0.198 e. The predicted octanol–water partition coefficient (Wildman–Crippen LogP) is 2.65. The first kappa shape index (κ1) is 12.0. The zero-order valence-corrected chi connectivity index (χ0v) is 10.3. The summed E-state index contributed by atoms with van der Waals surface area (Å²) in [5.74, 6) is -1.30. The van der Waals surface area contributed by atoms with E-state index in [-0.39, 0.29) is 17.1 Å². The van der Waals surface area contributed by atoms with Crippen LogP contribution in [0.3, 0.4) is 0 Å². The molecule has 3 rings (SSSR count). The van der Waals surface area contributed by atoms with Crippen molar-refractivity contribution in [2.75, 3.05) is 0 Å². The van der Waals surface area contributed by atoms with E-state index in [9.17, 15) is 8.78 Å². The van der Waals surface area contributed by atoms with Gasteiger partial charge in [-0.1, -0.05) is 23.7 Å². The summed E-state index contributed by atoms with van der Waals surface area (Å²) >= 11 is 5.86. The van der Waals surface area contributed by atoms with Crippen molar-refractivity contribution in [1.29, 1.82) is 0 Å². The fourth-order valence-corrected chi connectivity index (χ4v) is 2.01. The van der Waals surface area contributed by atoms with Gasteiger partial charge in [-0.25, -0.2) is 13.8 Å². The van der Waals surface area contributed by atoms with Gasteiger partial charge in [-0.2, -0.15) is 0 Å². The third kappa shape index (κ3) is 2.04. The molecule has 96 valence electrons. The Morgan fingerprint density at radius 1 is 1.21 bits per heavy atom. The summed E-state index contributed by atoms with van der Waals surface area (Å²) in [5, 5.41) is 8.00. The molecule has 0 atom stereocenters. The Morgan fingerprint density at radius 3 is 2.89 bits per heavy atom. The lowest BCUT2D eigenvalue weighted by Crippen LogP contribution is -2.00.